The molecule has 0 aromatic heterocycles. The van der Waals surface area contributed by atoms with Crippen molar-refractivity contribution in [1.82, 2.24) is 4.90 Å². The zero-order chi connectivity index (χ0) is 14.6. The normalized spacial score (nSPS) is 18.4. The Balaban J connectivity index is 2.11. The van der Waals surface area contributed by atoms with Crippen LogP contribution in [-0.2, 0) is 16.1 Å². The molecule has 0 amide bonds. The molecule has 0 spiro atoms. The minimum Gasteiger partial charge on any atom is -0.463 e. The van der Waals surface area contributed by atoms with E-state index in [1.54, 1.807) is 0 Å². The number of esters is 1. The third kappa shape index (κ3) is 3.48. The Bertz CT molecular complexity index is 491. The lowest BCUT2D eigenvalue weighted by Gasteiger charge is -2.41. The van der Waals surface area contributed by atoms with E-state index in [1.807, 2.05) is 31.2 Å². The van der Waals surface area contributed by atoms with Gasteiger partial charge in [-0.2, -0.15) is 0 Å². The van der Waals surface area contributed by atoms with Crippen LogP contribution in [0.4, 0.5) is 0 Å². The highest BCUT2D eigenvalue weighted by Crippen LogP contribution is 2.28. The van der Waals surface area contributed by atoms with Crippen molar-refractivity contribution in [1.29, 1.82) is 0 Å². The molecule has 1 aliphatic rings. The first-order chi connectivity index (χ1) is 9.53. The monoisotopic (exact) mass is 273 g/mol. The number of nitrogens with zero attached hydrogens (tertiary/aromatic N) is 1. The van der Waals surface area contributed by atoms with Crippen LogP contribution in [-0.4, -0.2) is 29.6 Å². The molecule has 1 aromatic rings. The van der Waals surface area contributed by atoms with E-state index in [9.17, 15) is 4.79 Å². The topological polar surface area (TPSA) is 29.5 Å². The molecule has 1 heterocycles. The maximum absolute atomic E-state index is 11.9. The van der Waals surface area contributed by atoms with Crippen LogP contribution in [0, 0.1) is 0 Å². The number of ether oxygens (including phenoxy) is 1. The van der Waals surface area contributed by atoms with Gasteiger partial charge in [-0.05, 0) is 32.8 Å². The van der Waals surface area contributed by atoms with Crippen molar-refractivity contribution in [3.05, 3.63) is 47.5 Å². The van der Waals surface area contributed by atoms with E-state index in [2.05, 4.69) is 30.9 Å². The van der Waals surface area contributed by atoms with Crippen LogP contribution in [0.2, 0.25) is 0 Å². The number of hydrogen-bond acceptors (Lipinski definition) is 3. The summed E-state index contributed by atoms with van der Waals surface area (Å²) in [5, 5.41) is 0. The Hall–Kier alpha value is -1.61. The number of hydrogen-bond donors (Lipinski definition) is 0. The predicted octanol–water partition coefficient (Wildman–Crippen LogP) is 3.16. The molecule has 3 heteroatoms. The van der Waals surface area contributed by atoms with Gasteiger partial charge < -0.3 is 4.74 Å². The summed E-state index contributed by atoms with van der Waals surface area (Å²) in [6, 6.07) is 10.4. The van der Waals surface area contributed by atoms with Crippen LogP contribution in [0.1, 0.15) is 32.8 Å². The summed E-state index contributed by atoms with van der Waals surface area (Å²) in [5.41, 5.74) is 2.11. The molecule has 0 N–H and O–H groups in total. The third-order valence-corrected chi connectivity index (χ3v) is 3.82. The van der Waals surface area contributed by atoms with E-state index in [0.29, 0.717) is 13.2 Å². The molecule has 3 nitrogen and oxygen atoms in total. The zero-order valence-corrected chi connectivity index (χ0v) is 12.6. The Morgan fingerprint density at radius 1 is 1.30 bits per heavy atom. The average Bonchev–Trinajstić information content (AvgIpc) is 2.42. The highest BCUT2D eigenvalue weighted by Gasteiger charge is 2.32. The van der Waals surface area contributed by atoms with Crippen LogP contribution >= 0.6 is 0 Å². The van der Waals surface area contributed by atoms with Gasteiger partial charge in [0.15, 0.2) is 0 Å². The fourth-order valence-electron chi connectivity index (χ4n) is 2.43. The van der Waals surface area contributed by atoms with Gasteiger partial charge in [-0.15, -0.1) is 0 Å². The van der Waals surface area contributed by atoms with Crippen LogP contribution in [0.25, 0.3) is 0 Å². The number of carbonyl (C=O) groups excluding carboxylic acids is 1. The molecule has 0 aliphatic carbocycles. The molecule has 0 atom stereocenters. The van der Waals surface area contributed by atoms with E-state index in [1.165, 1.54) is 5.56 Å². The number of carbonyl (C=O) groups is 1. The van der Waals surface area contributed by atoms with Gasteiger partial charge in [-0.25, -0.2) is 4.79 Å². The van der Waals surface area contributed by atoms with E-state index in [4.69, 9.17) is 4.74 Å². The minimum atomic E-state index is -0.180. The predicted molar refractivity (Wildman–Crippen MR) is 80.3 cm³/mol. The second kappa shape index (κ2) is 6.23. The number of benzene rings is 1. The molecule has 0 bridgehead atoms. The second-order valence-corrected chi connectivity index (χ2v) is 5.81. The minimum absolute atomic E-state index is 0.0613. The summed E-state index contributed by atoms with van der Waals surface area (Å²) in [7, 11) is 0. The quantitative estimate of drug-likeness (QED) is 0.789. The summed E-state index contributed by atoms with van der Waals surface area (Å²) in [4.78, 5) is 14.2. The second-order valence-electron chi connectivity index (χ2n) is 5.81. The molecule has 1 aromatic carbocycles. The van der Waals surface area contributed by atoms with E-state index >= 15 is 0 Å². The molecule has 108 valence electrons. The van der Waals surface area contributed by atoms with E-state index in [-0.39, 0.29) is 11.5 Å². The van der Waals surface area contributed by atoms with Crippen molar-refractivity contribution in [2.45, 2.75) is 39.3 Å². The Kier molecular flexibility index (Phi) is 4.61. The lowest BCUT2D eigenvalue weighted by Crippen LogP contribution is -2.47. The highest BCUT2D eigenvalue weighted by atomic mass is 16.5. The van der Waals surface area contributed by atoms with Crippen LogP contribution in [0.5, 0.6) is 0 Å². The molecule has 0 fully saturated rings. The summed E-state index contributed by atoms with van der Waals surface area (Å²) in [5.74, 6) is -0.180. The van der Waals surface area contributed by atoms with Crippen LogP contribution in [0.15, 0.2) is 42.0 Å². The van der Waals surface area contributed by atoms with Gasteiger partial charge in [-0.1, -0.05) is 36.4 Å². The fraction of sp³-hybridized carbons (Fsp3) is 0.471. The van der Waals surface area contributed by atoms with Crippen molar-refractivity contribution >= 4 is 5.97 Å². The fourth-order valence-corrected chi connectivity index (χ4v) is 2.43. The van der Waals surface area contributed by atoms with Crippen molar-refractivity contribution in [2.24, 2.45) is 0 Å². The highest BCUT2D eigenvalue weighted by molar-refractivity contribution is 5.89. The lowest BCUT2D eigenvalue weighted by molar-refractivity contribution is -0.139. The molecule has 20 heavy (non-hydrogen) atoms. The maximum atomic E-state index is 11.9. The molecular weight excluding hydrogens is 250 g/mol. The van der Waals surface area contributed by atoms with Crippen molar-refractivity contribution in [3.63, 3.8) is 0 Å². The molecule has 1 aliphatic heterocycles. The standard InChI is InChI=1S/C17H23NO2/c1-4-20-16(19)15-10-11-17(2,3)18(13-15)12-14-8-6-5-7-9-14/h5-10H,4,11-13H2,1-3H3. The SMILES string of the molecule is CCOC(=O)C1=CCC(C)(C)N(Cc2ccccc2)C1. The molecule has 2 rings (SSSR count). The van der Waals surface area contributed by atoms with Crippen molar-refractivity contribution in [2.75, 3.05) is 13.2 Å². The smallest absolute Gasteiger partial charge is 0.334 e. The van der Waals surface area contributed by atoms with Gasteiger partial charge in [0, 0.05) is 24.2 Å². The molecule has 0 radical (unpaired) electrons. The first kappa shape index (κ1) is 14.8. The summed E-state index contributed by atoms with van der Waals surface area (Å²) in [6.07, 6.45) is 2.90. The lowest BCUT2D eigenvalue weighted by atomic mass is 9.91. The maximum Gasteiger partial charge on any atom is 0.334 e. The van der Waals surface area contributed by atoms with Crippen LogP contribution < -0.4 is 0 Å². The van der Waals surface area contributed by atoms with Gasteiger partial charge in [0.2, 0.25) is 0 Å². The largest absolute Gasteiger partial charge is 0.463 e. The Morgan fingerprint density at radius 3 is 2.65 bits per heavy atom. The Morgan fingerprint density at radius 2 is 2.00 bits per heavy atom. The third-order valence-electron chi connectivity index (χ3n) is 3.82. The first-order valence-electron chi connectivity index (χ1n) is 7.18. The van der Waals surface area contributed by atoms with Crippen molar-refractivity contribution < 1.29 is 9.53 Å². The number of rotatable bonds is 4. The van der Waals surface area contributed by atoms with Crippen LogP contribution in [0.3, 0.4) is 0 Å². The Labute approximate surface area is 121 Å². The van der Waals surface area contributed by atoms with E-state index < -0.39 is 0 Å². The zero-order valence-electron chi connectivity index (χ0n) is 12.6. The van der Waals surface area contributed by atoms with E-state index in [0.717, 1.165) is 18.5 Å². The van der Waals surface area contributed by atoms with Gasteiger partial charge in [0.05, 0.1) is 6.61 Å². The molecule has 0 saturated heterocycles. The van der Waals surface area contributed by atoms with Gasteiger partial charge >= 0.3 is 5.97 Å². The summed E-state index contributed by atoms with van der Waals surface area (Å²) < 4.78 is 5.11. The van der Waals surface area contributed by atoms with Gasteiger partial charge in [0.1, 0.15) is 0 Å². The summed E-state index contributed by atoms with van der Waals surface area (Å²) >= 11 is 0. The van der Waals surface area contributed by atoms with Gasteiger partial charge in [0.25, 0.3) is 0 Å². The first-order valence-corrected chi connectivity index (χ1v) is 7.18. The van der Waals surface area contributed by atoms with Gasteiger partial charge in [-0.3, -0.25) is 4.90 Å². The van der Waals surface area contributed by atoms with Crippen molar-refractivity contribution in [3.8, 4) is 0 Å². The molecular formula is C17H23NO2. The average molecular weight is 273 g/mol. The molecule has 0 saturated carbocycles. The molecule has 0 unspecified atom stereocenters. The summed E-state index contributed by atoms with van der Waals surface area (Å²) in [6.45, 7) is 8.21.